The van der Waals surface area contributed by atoms with Crippen molar-refractivity contribution in [1.82, 2.24) is 9.97 Å². The summed E-state index contributed by atoms with van der Waals surface area (Å²) >= 11 is 3.37. The van der Waals surface area contributed by atoms with Crippen LogP contribution in [0.2, 0.25) is 0 Å². The molecule has 10 rings (SSSR count). The van der Waals surface area contributed by atoms with E-state index in [2.05, 4.69) is 133 Å². The van der Waals surface area contributed by atoms with Crippen molar-refractivity contribution in [2.24, 2.45) is 0 Å². The van der Waals surface area contributed by atoms with Gasteiger partial charge in [0, 0.05) is 9.75 Å². The summed E-state index contributed by atoms with van der Waals surface area (Å²) in [5.41, 5.74) is 10.3. The number of oxazole rings is 2. The Bertz CT molecular complexity index is 2530. The molecule has 0 aliphatic heterocycles. The van der Waals surface area contributed by atoms with Gasteiger partial charge >= 0.3 is 0 Å². The summed E-state index contributed by atoms with van der Waals surface area (Å²) in [6.07, 6.45) is 0. The molecule has 50 heavy (non-hydrogen) atoms. The average molecular weight is 679 g/mol. The van der Waals surface area contributed by atoms with E-state index in [1.807, 2.05) is 24.3 Å². The Morgan fingerprint density at radius 2 is 0.700 bits per heavy atom. The van der Waals surface area contributed by atoms with Crippen LogP contribution in [-0.4, -0.2) is 9.97 Å². The van der Waals surface area contributed by atoms with Gasteiger partial charge in [-0.05, 0) is 92.7 Å². The van der Waals surface area contributed by atoms with Crippen LogP contribution in [0.3, 0.4) is 0 Å². The molecule has 10 aromatic rings. The summed E-state index contributed by atoms with van der Waals surface area (Å²) in [6.45, 7) is 0. The predicted molar refractivity (Wildman–Crippen MR) is 207 cm³/mol. The number of aromatic nitrogens is 2. The van der Waals surface area contributed by atoms with Crippen molar-refractivity contribution in [3.05, 3.63) is 158 Å². The van der Waals surface area contributed by atoms with E-state index in [0.717, 1.165) is 42.7 Å². The predicted octanol–water partition coefficient (Wildman–Crippen LogP) is 13.2. The van der Waals surface area contributed by atoms with E-state index in [0.29, 0.717) is 11.8 Å². The van der Waals surface area contributed by atoms with E-state index in [1.54, 1.807) is 22.7 Å². The zero-order valence-corrected chi connectivity index (χ0v) is 28.2. The lowest BCUT2D eigenvalue weighted by molar-refractivity contribution is 0.621. The molecule has 0 N–H and O–H groups in total. The molecule has 0 saturated carbocycles. The number of hydrogen-bond donors (Lipinski definition) is 0. The molecular formula is C44H26N2O2S2. The maximum atomic E-state index is 6.31. The first-order valence-corrected chi connectivity index (χ1v) is 18.0. The third-order valence-corrected chi connectivity index (χ3v) is 11.3. The van der Waals surface area contributed by atoms with E-state index in [9.17, 15) is 0 Å². The second-order valence-corrected chi connectivity index (χ2v) is 14.4. The van der Waals surface area contributed by atoms with Gasteiger partial charge in [-0.2, -0.15) is 0 Å². The monoisotopic (exact) mass is 678 g/mol. The Balaban J connectivity index is 0.908. The summed E-state index contributed by atoms with van der Waals surface area (Å²) in [5, 5.41) is 2.06. The first kappa shape index (κ1) is 28.9. The quantitative estimate of drug-likeness (QED) is 0.176. The van der Waals surface area contributed by atoms with Gasteiger partial charge in [-0.15, -0.1) is 22.7 Å². The molecule has 0 fully saturated rings. The lowest BCUT2D eigenvalue weighted by Crippen LogP contribution is -1.77. The van der Waals surface area contributed by atoms with Crippen LogP contribution >= 0.6 is 22.7 Å². The van der Waals surface area contributed by atoms with Crippen LogP contribution in [0.1, 0.15) is 0 Å². The molecule has 4 heterocycles. The summed E-state index contributed by atoms with van der Waals surface area (Å²) in [5.74, 6) is 1.25. The minimum Gasteiger partial charge on any atom is -0.435 e. The molecule has 0 saturated heterocycles. The molecular weight excluding hydrogens is 653 g/mol. The van der Waals surface area contributed by atoms with Gasteiger partial charge < -0.3 is 8.83 Å². The zero-order valence-electron chi connectivity index (χ0n) is 26.5. The minimum atomic E-state index is 0.625. The lowest BCUT2D eigenvalue weighted by atomic mass is 10.0. The number of thiophene rings is 2. The fourth-order valence-corrected chi connectivity index (χ4v) is 8.31. The summed E-state index contributed by atoms with van der Waals surface area (Å²) in [4.78, 5) is 14.1. The van der Waals surface area contributed by atoms with E-state index < -0.39 is 0 Å². The third kappa shape index (κ3) is 5.22. The topological polar surface area (TPSA) is 52.1 Å². The summed E-state index contributed by atoms with van der Waals surface area (Å²) in [6, 6.07) is 55.0. The normalized spacial score (nSPS) is 11.6. The van der Waals surface area contributed by atoms with Crippen LogP contribution in [-0.2, 0) is 0 Å². The van der Waals surface area contributed by atoms with E-state index >= 15 is 0 Å². The molecule has 0 unspecified atom stereocenters. The fraction of sp³-hybridized carbons (Fsp3) is 0. The number of fused-ring (bicyclic) bond motifs is 3. The Kier molecular flexibility index (Phi) is 6.82. The molecule has 236 valence electrons. The number of rotatable bonds is 6. The third-order valence-electron chi connectivity index (χ3n) is 9.04. The highest BCUT2D eigenvalue weighted by Crippen LogP contribution is 2.39. The molecule has 0 spiro atoms. The number of nitrogens with zero attached hydrogens (tertiary/aromatic N) is 2. The van der Waals surface area contributed by atoms with Crippen molar-refractivity contribution in [2.75, 3.05) is 0 Å². The van der Waals surface area contributed by atoms with Crippen molar-refractivity contribution >= 4 is 55.6 Å². The van der Waals surface area contributed by atoms with Gasteiger partial charge in [0.25, 0.3) is 0 Å². The van der Waals surface area contributed by atoms with Gasteiger partial charge in [-0.3, -0.25) is 0 Å². The van der Waals surface area contributed by atoms with Crippen molar-refractivity contribution in [2.45, 2.75) is 0 Å². The minimum absolute atomic E-state index is 0.625. The molecule has 0 bridgehead atoms. The highest BCUT2D eigenvalue weighted by molar-refractivity contribution is 7.19. The molecule has 6 aromatic carbocycles. The Hall–Kier alpha value is -6.08. The Labute approximate surface area is 295 Å². The van der Waals surface area contributed by atoms with Crippen LogP contribution in [0.15, 0.2) is 167 Å². The van der Waals surface area contributed by atoms with Crippen molar-refractivity contribution in [3.8, 4) is 64.7 Å². The maximum absolute atomic E-state index is 6.31. The van der Waals surface area contributed by atoms with Gasteiger partial charge in [0.1, 0.15) is 11.0 Å². The van der Waals surface area contributed by atoms with Gasteiger partial charge in [-0.25, -0.2) is 9.97 Å². The molecule has 6 heteroatoms. The fourth-order valence-electron chi connectivity index (χ4n) is 6.44. The zero-order chi connectivity index (χ0) is 33.0. The van der Waals surface area contributed by atoms with Crippen LogP contribution in [0, 0.1) is 0 Å². The van der Waals surface area contributed by atoms with Gasteiger partial charge in [0.05, 0.1) is 9.75 Å². The molecule has 0 atom stereocenters. The molecule has 0 aliphatic carbocycles. The van der Waals surface area contributed by atoms with Crippen molar-refractivity contribution < 1.29 is 8.83 Å². The Morgan fingerprint density at radius 3 is 1.12 bits per heavy atom. The highest BCUT2D eigenvalue weighted by Gasteiger charge is 2.16. The Morgan fingerprint density at radius 1 is 0.340 bits per heavy atom. The van der Waals surface area contributed by atoms with Crippen LogP contribution in [0.5, 0.6) is 0 Å². The van der Waals surface area contributed by atoms with Crippen LogP contribution < -0.4 is 0 Å². The maximum Gasteiger partial charge on any atom is 0.237 e. The van der Waals surface area contributed by atoms with Gasteiger partial charge in [0.15, 0.2) is 11.2 Å². The van der Waals surface area contributed by atoms with Crippen LogP contribution in [0.25, 0.3) is 97.6 Å². The molecule has 4 nitrogen and oxygen atoms in total. The number of benzene rings is 6. The standard InChI is InChI=1S/C44H26N2O2S2/c1-3-7-27(8-4-1)29-11-15-31(16-12-29)39-19-21-41(49-39)43-45-35-23-33-26-38-36(24-34(33)25-37(35)47-43)46-44(48-38)42-22-20-40(50-42)32-17-13-30(14-18-32)28-9-5-2-6-10-28/h1-26H. The lowest BCUT2D eigenvalue weighted by Gasteiger charge is -2.03. The molecule has 4 aromatic heterocycles. The smallest absolute Gasteiger partial charge is 0.237 e. The molecule has 0 amide bonds. The first-order valence-electron chi connectivity index (χ1n) is 16.4. The first-order chi connectivity index (χ1) is 24.7. The summed E-state index contributed by atoms with van der Waals surface area (Å²) < 4.78 is 12.6. The van der Waals surface area contributed by atoms with Gasteiger partial charge in [-0.1, -0.05) is 109 Å². The second kappa shape index (κ2) is 11.8. The SMILES string of the molecule is c1ccc(-c2ccc(-c3ccc(-c4nc5cc6cc7oc(-c8ccc(-c9ccc(-c%10ccccc%10)cc9)s8)nc7cc6cc5o4)s3)cc2)cc1. The van der Waals surface area contributed by atoms with Crippen molar-refractivity contribution in [1.29, 1.82) is 0 Å². The number of hydrogen-bond acceptors (Lipinski definition) is 6. The van der Waals surface area contributed by atoms with E-state index in [1.165, 1.54) is 43.1 Å². The van der Waals surface area contributed by atoms with Crippen molar-refractivity contribution in [3.63, 3.8) is 0 Å². The largest absolute Gasteiger partial charge is 0.435 e. The van der Waals surface area contributed by atoms with E-state index in [-0.39, 0.29) is 0 Å². The van der Waals surface area contributed by atoms with Crippen LogP contribution in [0.4, 0.5) is 0 Å². The highest BCUT2D eigenvalue weighted by atomic mass is 32.1. The average Bonchev–Trinajstić information content (AvgIpc) is 4.00. The van der Waals surface area contributed by atoms with Gasteiger partial charge in [0.2, 0.25) is 11.8 Å². The summed E-state index contributed by atoms with van der Waals surface area (Å²) in [7, 11) is 0. The second-order valence-electron chi connectivity index (χ2n) is 12.2. The van der Waals surface area contributed by atoms with E-state index in [4.69, 9.17) is 18.8 Å². The molecule has 0 radical (unpaired) electrons. The molecule has 0 aliphatic rings.